The van der Waals surface area contributed by atoms with E-state index in [-0.39, 0.29) is 5.97 Å². The van der Waals surface area contributed by atoms with Crippen molar-refractivity contribution >= 4 is 5.97 Å². The molecule has 0 atom stereocenters. The zero-order chi connectivity index (χ0) is 13.9. The number of hydrogen-bond acceptors (Lipinski definition) is 5. The highest BCUT2D eigenvalue weighted by Gasteiger charge is 2.35. The lowest BCUT2D eigenvalue weighted by atomic mass is 10.1. The minimum atomic E-state index is -0.954. The molecule has 2 rings (SSSR count). The van der Waals surface area contributed by atoms with Crippen molar-refractivity contribution in [3.05, 3.63) is 30.3 Å². The minimum Gasteiger partial charge on any atom is -0.464 e. The fourth-order valence-electron chi connectivity index (χ4n) is 1.73. The van der Waals surface area contributed by atoms with E-state index in [9.17, 15) is 4.79 Å². The smallest absolute Gasteiger partial charge is 0.333 e. The Morgan fingerprint density at radius 3 is 2.63 bits per heavy atom. The topological polar surface area (TPSA) is 69.9 Å². The fourth-order valence-corrected chi connectivity index (χ4v) is 1.73. The van der Waals surface area contributed by atoms with E-state index in [0.717, 1.165) is 5.56 Å². The predicted octanol–water partition coefficient (Wildman–Crippen LogP) is 1.64. The van der Waals surface area contributed by atoms with Gasteiger partial charge in [-0.3, -0.25) is 0 Å². The van der Waals surface area contributed by atoms with E-state index in [2.05, 4.69) is 15.5 Å². The summed E-state index contributed by atoms with van der Waals surface area (Å²) in [6.07, 6.45) is 0. The molecule has 0 aliphatic heterocycles. The molecule has 0 spiro atoms. The summed E-state index contributed by atoms with van der Waals surface area (Å²) in [5.74, 6) is 0.179. The lowest BCUT2D eigenvalue weighted by Gasteiger charge is -2.23. The monoisotopic (exact) mass is 260 g/mol. The van der Waals surface area contributed by atoms with Crippen LogP contribution in [0, 0.1) is 0 Å². The van der Waals surface area contributed by atoms with Crippen LogP contribution in [-0.4, -0.2) is 32.8 Å². The van der Waals surface area contributed by atoms with E-state index in [0.29, 0.717) is 12.4 Å². The van der Waals surface area contributed by atoms with E-state index < -0.39 is 5.54 Å². The number of carbonyl (C=O) groups is 1. The van der Waals surface area contributed by atoms with Gasteiger partial charge in [0, 0.05) is 5.56 Å². The molecule has 19 heavy (non-hydrogen) atoms. The first-order valence-electron chi connectivity index (χ1n) is 6.09. The van der Waals surface area contributed by atoms with Crippen LogP contribution < -0.4 is 0 Å². The molecule has 0 amide bonds. The Kier molecular flexibility index (Phi) is 3.59. The van der Waals surface area contributed by atoms with Crippen molar-refractivity contribution < 1.29 is 9.53 Å². The van der Waals surface area contributed by atoms with E-state index in [4.69, 9.17) is 4.74 Å². The molecule has 0 aliphatic carbocycles. The number of ether oxygens (including phenoxy) is 1. The van der Waals surface area contributed by atoms with Gasteiger partial charge in [0.05, 0.1) is 6.61 Å². The van der Waals surface area contributed by atoms with Crippen molar-refractivity contribution in [2.24, 2.45) is 0 Å². The molecule has 6 heteroatoms. The van der Waals surface area contributed by atoms with Crippen LogP contribution in [0.25, 0.3) is 11.4 Å². The van der Waals surface area contributed by atoms with Gasteiger partial charge in [0.1, 0.15) is 0 Å². The number of tetrazole rings is 1. The lowest BCUT2D eigenvalue weighted by Crippen LogP contribution is -2.38. The Labute approximate surface area is 111 Å². The summed E-state index contributed by atoms with van der Waals surface area (Å²) in [6, 6.07) is 9.48. The van der Waals surface area contributed by atoms with Gasteiger partial charge in [-0.15, -0.1) is 5.10 Å². The number of hydrogen-bond donors (Lipinski definition) is 0. The van der Waals surface area contributed by atoms with Gasteiger partial charge in [0.2, 0.25) is 0 Å². The third-order valence-corrected chi connectivity index (χ3v) is 2.81. The molecule has 0 radical (unpaired) electrons. The van der Waals surface area contributed by atoms with E-state index in [1.165, 1.54) is 4.68 Å². The molecule has 1 aromatic heterocycles. The summed E-state index contributed by atoms with van der Waals surface area (Å²) in [4.78, 5) is 12.0. The van der Waals surface area contributed by atoms with Gasteiger partial charge in [-0.05, 0) is 31.2 Å². The van der Waals surface area contributed by atoms with Gasteiger partial charge in [0.25, 0.3) is 0 Å². The maximum atomic E-state index is 12.0. The molecule has 0 saturated heterocycles. The van der Waals surface area contributed by atoms with Crippen LogP contribution in [0.1, 0.15) is 20.8 Å². The van der Waals surface area contributed by atoms with Gasteiger partial charge < -0.3 is 4.74 Å². The number of carbonyl (C=O) groups excluding carboxylic acids is 1. The second-order valence-corrected chi connectivity index (χ2v) is 4.56. The summed E-state index contributed by atoms with van der Waals surface area (Å²) < 4.78 is 6.55. The first-order chi connectivity index (χ1) is 9.07. The second kappa shape index (κ2) is 5.17. The summed E-state index contributed by atoms with van der Waals surface area (Å²) in [5.41, 5.74) is -0.102. The zero-order valence-electron chi connectivity index (χ0n) is 11.2. The lowest BCUT2D eigenvalue weighted by molar-refractivity contribution is -0.152. The molecule has 0 aliphatic rings. The van der Waals surface area contributed by atoms with E-state index in [1.807, 2.05) is 30.3 Å². The Bertz CT molecular complexity index is 563. The molecule has 6 nitrogen and oxygen atoms in total. The third-order valence-electron chi connectivity index (χ3n) is 2.81. The van der Waals surface area contributed by atoms with Crippen molar-refractivity contribution in [3.8, 4) is 11.4 Å². The Morgan fingerprint density at radius 2 is 2.00 bits per heavy atom. The van der Waals surface area contributed by atoms with Crippen LogP contribution in [0.2, 0.25) is 0 Å². The van der Waals surface area contributed by atoms with Crippen LogP contribution in [0.15, 0.2) is 30.3 Å². The molecule has 0 N–H and O–H groups in total. The molecule has 1 aromatic carbocycles. The Hall–Kier alpha value is -2.24. The van der Waals surface area contributed by atoms with Crippen molar-refractivity contribution in [3.63, 3.8) is 0 Å². The molecule has 0 saturated carbocycles. The largest absolute Gasteiger partial charge is 0.464 e. The number of rotatable bonds is 4. The zero-order valence-corrected chi connectivity index (χ0v) is 11.2. The standard InChI is InChI=1S/C13H16N4O2/c1-4-19-12(18)13(2,3)17-11(14-15-16-17)10-8-6-5-7-9-10/h5-9H,4H2,1-3H3. The normalized spacial score (nSPS) is 11.3. The van der Waals surface area contributed by atoms with Gasteiger partial charge >= 0.3 is 5.97 Å². The number of aromatic nitrogens is 4. The highest BCUT2D eigenvalue weighted by molar-refractivity contribution is 5.78. The maximum absolute atomic E-state index is 12.0. The van der Waals surface area contributed by atoms with Gasteiger partial charge in [-0.2, -0.15) is 0 Å². The molecule has 2 aromatic rings. The number of nitrogens with zero attached hydrogens (tertiary/aromatic N) is 4. The van der Waals surface area contributed by atoms with Gasteiger partial charge in [0.15, 0.2) is 11.4 Å². The highest BCUT2D eigenvalue weighted by atomic mass is 16.5. The summed E-state index contributed by atoms with van der Waals surface area (Å²) in [6.45, 7) is 5.55. The third kappa shape index (κ3) is 2.47. The predicted molar refractivity (Wildman–Crippen MR) is 69.2 cm³/mol. The molecular formula is C13H16N4O2. The fraction of sp³-hybridized carbons (Fsp3) is 0.385. The summed E-state index contributed by atoms with van der Waals surface area (Å²) in [7, 11) is 0. The molecule has 0 bridgehead atoms. The van der Waals surface area contributed by atoms with Gasteiger partial charge in [-0.25, -0.2) is 9.48 Å². The Morgan fingerprint density at radius 1 is 1.32 bits per heavy atom. The summed E-state index contributed by atoms with van der Waals surface area (Å²) in [5, 5.41) is 11.6. The minimum absolute atomic E-state index is 0.324. The molecular weight excluding hydrogens is 244 g/mol. The molecule has 1 heterocycles. The van der Waals surface area contributed by atoms with E-state index in [1.54, 1.807) is 20.8 Å². The Balaban J connectivity index is 2.42. The quantitative estimate of drug-likeness (QED) is 0.781. The first kappa shape index (κ1) is 13.2. The second-order valence-electron chi connectivity index (χ2n) is 4.56. The highest BCUT2D eigenvalue weighted by Crippen LogP contribution is 2.23. The maximum Gasteiger partial charge on any atom is 0.333 e. The van der Waals surface area contributed by atoms with Crippen molar-refractivity contribution in [1.29, 1.82) is 0 Å². The van der Waals surface area contributed by atoms with Crippen LogP contribution in [0.3, 0.4) is 0 Å². The average molecular weight is 260 g/mol. The number of esters is 1. The van der Waals surface area contributed by atoms with E-state index >= 15 is 0 Å². The van der Waals surface area contributed by atoms with Crippen LogP contribution >= 0.6 is 0 Å². The van der Waals surface area contributed by atoms with Gasteiger partial charge in [-0.1, -0.05) is 30.3 Å². The number of benzene rings is 1. The molecule has 0 fully saturated rings. The van der Waals surface area contributed by atoms with Crippen molar-refractivity contribution in [2.75, 3.05) is 6.61 Å². The first-order valence-corrected chi connectivity index (χ1v) is 6.09. The van der Waals surface area contributed by atoms with Crippen LogP contribution in [0.4, 0.5) is 0 Å². The van der Waals surface area contributed by atoms with Crippen molar-refractivity contribution in [2.45, 2.75) is 26.3 Å². The average Bonchev–Trinajstić information content (AvgIpc) is 2.90. The van der Waals surface area contributed by atoms with Crippen molar-refractivity contribution in [1.82, 2.24) is 20.2 Å². The molecule has 0 unspecified atom stereocenters. The van der Waals surface area contributed by atoms with Crippen LogP contribution in [-0.2, 0) is 15.1 Å². The SMILES string of the molecule is CCOC(=O)C(C)(C)n1nnnc1-c1ccccc1. The molecule has 100 valence electrons. The summed E-state index contributed by atoms with van der Waals surface area (Å²) >= 11 is 0. The van der Waals surface area contributed by atoms with Crippen LogP contribution in [0.5, 0.6) is 0 Å².